The number of nitrogens with zero attached hydrogens (tertiary/aromatic N) is 2. The lowest BCUT2D eigenvalue weighted by atomic mass is 10.1. The second-order valence-electron chi connectivity index (χ2n) is 5.23. The maximum atomic E-state index is 13.6. The average molecular weight is 333 g/mol. The highest BCUT2D eigenvalue weighted by atomic mass is 35.5. The van der Waals surface area contributed by atoms with Crippen LogP contribution in [0.2, 0.25) is 0 Å². The van der Waals surface area contributed by atoms with E-state index in [-0.39, 0.29) is 30.4 Å². The van der Waals surface area contributed by atoms with Crippen LogP contribution in [0.4, 0.5) is 4.39 Å². The first kappa shape index (κ1) is 18.7. The summed E-state index contributed by atoms with van der Waals surface area (Å²) in [4.78, 5) is 14.9. The molecule has 1 aromatic carbocycles. The minimum absolute atomic E-state index is 0. The molecule has 1 heterocycles. The molecule has 1 fully saturated rings. The Balaban J connectivity index is 0.00000242. The van der Waals surface area contributed by atoms with Crippen LogP contribution < -0.4 is 4.74 Å². The summed E-state index contributed by atoms with van der Waals surface area (Å²) in [5, 5.41) is 8.68. The molecule has 0 saturated carbocycles. The molecule has 22 heavy (non-hydrogen) atoms. The monoisotopic (exact) mass is 332 g/mol. The molecule has 0 bridgehead atoms. The number of ether oxygens (including phenoxy) is 1. The molecule has 5 nitrogen and oxygen atoms in total. The van der Waals surface area contributed by atoms with Crippen LogP contribution in [0.15, 0.2) is 18.2 Å². The highest BCUT2D eigenvalue weighted by Gasteiger charge is 2.17. The Morgan fingerprint density at radius 3 is 2.45 bits per heavy atom. The van der Waals surface area contributed by atoms with Crippen molar-refractivity contribution in [3.8, 4) is 5.75 Å². The summed E-state index contributed by atoms with van der Waals surface area (Å²) in [6.07, 6.45) is 0.184. The molecule has 0 atom stereocenters. The number of hydrogen-bond donors (Lipinski definition) is 1. The van der Waals surface area contributed by atoms with Gasteiger partial charge in [-0.3, -0.25) is 9.69 Å². The second kappa shape index (κ2) is 8.92. The van der Waals surface area contributed by atoms with Gasteiger partial charge in [-0.1, -0.05) is 6.07 Å². The predicted octanol–water partition coefficient (Wildman–Crippen LogP) is 1.85. The second-order valence-corrected chi connectivity index (χ2v) is 5.23. The Bertz CT molecular complexity index is 494. The Labute approximate surface area is 136 Å². The van der Waals surface area contributed by atoms with E-state index in [4.69, 9.17) is 9.84 Å². The van der Waals surface area contributed by atoms with Crippen molar-refractivity contribution in [2.24, 2.45) is 0 Å². The number of hydrogen-bond acceptors (Lipinski definition) is 4. The number of aliphatic carboxylic acids is 1. The summed E-state index contributed by atoms with van der Waals surface area (Å²) >= 11 is 0. The van der Waals surface area contributed by atoms with Crippen molar-refractivity contribution in [2.45, 2.75) is 13.0 Å². The zero-order chi connectivity index (χ0) is 15.2. The summed E-state index contributed by atoms with van der Waals surface area (Å²) < 4.78 is 18.5. The number of benzene rings is 1. The van der Waals surface area contributed by atoms with E-state index in [1.165, 1.54) is 13.2 Å². The number of carboxylic acid groups (broad SMARTS) is 1. The van der Waals surface area contributed by atoms with Gasteiger partial charge in [-0.2, -0.15) is 0 Å². The van der Waals surface area contributed by atoms with E-state index in [1.807, 2.05) is 6.07 Å². The molecule has 1 saturated heterocycles. The van der Waals surface area contributed by atoms with Gasteiger partial charge in [0.1, 0.15) is 0 Å². The first-order valence-corrected chi connectivity index (χ1v) is 7.07. The van der Waals surface area contributed by atoms with Gasteiger partial charge < -0.3 is 14.7 Å². The summed E-state index contributed by atoms with van der Waals surface area (Å²) in [5.74, 6) is -0.835. The molecule has 0 aromatic heterocycles. The van der Waals surface area contributed by atoms with Crippen LogP contribution in [0.25, 0.3) is 0 Å². The van der Waals surface area contributed by atoms with Gasteiger partial charge in [0.25, 0.3) is 0 Å². The third-order valence-corrected chi connectivity index (χ3v) is 3.73. The van der Waals surface area contributed by atoms with Gasteiger partial charge in [0.2, 0.25) is 0 Å². The van der Waals surface area contributed by atoms with Crippen LogP contribution in [-0.4, -0.2) is 60.7 Å². The zero-order valence-corrected chi connectivity index (χ0v) is 13.4. The first-order chi connectivity index (χ1) is 10.1. The topological polar surface area (TPSA) is 53.0 Å². The van der Waals surface area contributed by atoms with E-state index in [1.54, 1.807) is 6.07 Å². The molecule has 1 N–H and O–H groups in total. The van der Waals surface area contributed by atoms with Crippen LogP contribution in [0.3, 0.4) is 0 Å². The fraction of sp³-hybridized carbons (Fsp3) is 0.533. The lowest BCUT2D eigenvalue weighted by Gasteiger charge is -2.34. The molecule has 0 unspecified atom stereocenters. The SMILES string of the molecule is COc1ccc(CN2CCN(CCC(=O)O)CC2)cc1F.Cl. The molecule has 1 aliphatic rings. The quantitative estimate of drug-likeness (QED) is 0.861. The molecule has 0 amide bonds. The minimum Gasteiger partial charge on any atom is -0.494 e. The fourth-order valence-corrected chi connectivity index (χ4v) is 2.49. The van der Waals surface area contributed by atoms with E-state index in [0.717, 1.165) is 31.7 Å². The van der Waals surface area contributed by atoms with Gasteiger partial charge in [0.15, 0.2) is 11.6 Å². The van der Waals surface area contributed by atoms with Gasteiger partial charge in [-0.15, -0.1) is 12.4 Å². The third-order valence-electron chi connectivity index (χ3n) is 3.73. The normalized spacial score (nSPS) is 16.1. The number of rotatable bonds is 6. The molecule has 0 spiro atoms. The van der Waals surface area contributed by atoms with Crippen molar-refractivity contribution in [1.82, 2.24) is 9.80 Å². The van der Waals surface area contributed by atoms with Crippen molar-refractivity contribution < 1.29 is 19.0 Å². The standard InChI is InChI=1S/C15H21FN2O3.ClH/c1-21-14-3-2-12(10-13(14)16)11-18-8-6-17(7-9-18)5-4-15(19)20;/h2-3,10H,4-9,11H2,1H3,(H,19,20);1H. The van der Waals surface area contributed by atoms with E-state index < -0.39 is 5.97 Å². The van der Waals surface area contributed by atoms with E-state index in [2.05, 4.69) is 9.80 Å². The lowest BCUT2D eigenvalue weighted by Crippen LogP contribution is -2.46. The summed E-state index contributed by atoms with van der Waals surface area (Å²) in [6.45, 7) is 4.74. The number of carbonyl (C=O) groups is 1. The number of carboxylic acids is 1. The molecule has 124 valence electrons. The van der Waals surface area contributed by atoms with E-state index >= 15 is 0 Å². The van der Waals surface area contributed by atoms with Crippen molar-refractivity contribution >= 4 is 18.4 Å². The maximum Gasteiger partial charge on any atom is 0.304 e. The van der Waals surface area contributed by atoms with Crippen LogP contribution in [0.1, 0.15) is 12.0 Å². The summed E-state index contributed by atoms with van der Waals surface area (Å²) in [5.41, 5.74) is 0.923. The van der Waals surface area contributed by atoms with Gasteiger partial charge in [-0.05, 0) is 17.7 Å². The lowest BCUT2D eigenvalue weighted by molar-refractivity contribution is -0.137. The Hall–Kier alpha value is -1.37. The summed E-state index contributed by atoms with van der Waals surface area (Å²) in [6, 6.07) is 5.03. The molecule has 1 aromatic rings. The van der Waals surface area contributed by atoms with Crippen molar-refractivity contribution in [2.75, 3.05) is 39.8 Å². The molecule has 1 aliphatic heterocycles. The van der Waals surface area contributed by atoms with Gasteiger partial charge in [-0.25, -0.2) is 4.39 Å². The number of halogens is 2. The molecule has 2 rings (SSSR count). The number of piperazine rings is 1. The largest absolute Gasteiger partial charge is 0.494 e. The maximum absolute atomic E-state index is 13.6. The zero-order valence-electron chi connectivity index (χ0n) is 12.6. The Kier molecular flexibility index (Phi) is 7.58. The highest BCUT2D eigenvalue weighted by Crippen LogP contribution is 2.19. The smallest absolute Gasteiger partial charge is 0.304 e. The van der Waals surface area contributed by atoms with Crippen LogP contribution in [0.5, 0.6) is 5.75 Å². The molecule has 0 radical (unpaired) electrons. The van der Waals surface area contributed by atoms with Gasteiger partial charge >= 0.3 is 5.97 Å². The van der Waals surface area contributed by atoms with Crippen molar-refractivity contribution in [3.63, 3.8) is 0 Å². The molecular formula is C15H22ClFN2O3. The van der Waals surface area contributed by atoms with E-state index in [9.17, 15) is 9.18 Å². The minimum atomic E-state index is -0.758. The predicted molar refractivity (Wildman–Crippen MR) is 84.2 cm³/mol. The highest BCUT2D eigenvalue weighted by molar-refractivity contribution is 5.85. The van der Waals surface area contributed by atoms with Crippen molar-refractivity contribution in [1.29, 1.82) is 0 Å². The fourth-order valence-electron chi connectivity index (χ4n) is 2.49. The number of methoxy groups -OCH3 is 1. The molecule has 7 heteroatoms. The third kappa shape index (κ3) is 5.44. The van der Waals surface area contributed by atoms with Crippen LogP contribution in [-0.2, 0) is 11.3 Å². The van der Waals surface area contributed by atoms with Crippen LogP contribution in [0, 0.1) is 5.82 Å². The van der Waals surface area contributed by atoms with E-state index in [0.29, 0.717) is 13.1 Å². The first-order valence-electron chi connectivity index (χ1n) is 7.07. The van der Waals surface area contributed by atoms with Gasteiger partial charge in [0, 0.05) is 39.3 Å². The Morgan fingerprint density at radius 1 is 1.27 bits per heavy atom. The summed E-state index contributed by atoms with van der Waals surface area (Å²) in [7, 11) is 1.45. The Morgan fingerprint density at radius 2 is 1.91 bits per heavy atom. The van der Waals surface area contributed by atoms with Crippen LogP contribution >= 0.6 is 12.4 Å². The average Bonchev–Trinajstić information content (AvgIpc) is 2.47. The molecule has 0 aliphatic carbocycles. The van der Waals surface area contributed by atoms with Gasteiger partial charge in [0.05, 0.1) is 13.5 Å². The van der Waals surface area contributed by atoms with Crippen molar-refractivity contribution in [3.05, 3.63) is 29.6 Å². The molecular weight excluding hydrogens is 311 g/mol.